The van der Waals surface area contributed by atoms with Crippen LogP contribution in [0.15, 0.2) is 35.6 Å². The third-order valence-electron chi connectivity index (χ3n) is 5.17. The van der Waals surface area contributed by atoms with E-state index in [1.165, 1.54) is 11.3 Å². The fourth-order valence-electron chi connectivity index (χ4n) is 3.80. The van der Waals surface area contributed by atoms with Gasteiger partial charge in [-0.15, -0.1) is 11.3 Å². The molecule has 0 aliphatic carbocycles. The third kappa shape index (κ3) is 4.80. The van der Waals surface area contributed by atoms with Crippen molar-refractivity contribution < 1.29 is 19.4 Å². The number of aromatic nitrogens is 1. The van der Waals surface area contributed by atoms with Gasteiger partial charge in [0.1, 0.15) is 5.75 Å². The zero-order chi connectivity index (χ0) is 22.7. The molecule has 7 nitrogen and oxygen atoms in total. The van der Waals surface area contributed by atoms with Crippen molar-refractivity contribution in [3.63, 3.8) is 0 Å². The summed E-state index contributed by atoms with van der Waals surface area (Å²) in [5, 5.41) is 11.5. The zero-order valence-electron chi connectivity index (χ0n) is 18.6. The van der Waals surface area contributed by atoms with Gasteiger partial charge >= 0.3 is 0 Å². The minimum atomic E-state index is -0.653. The Bertz CT molecular complexity index is 995. The number of aliphatic hydroxyl groups is 1. The second-order valence-electron chi connectivity index (χ2n) is 7.80. The average molecular weight is 444 g/mol. The molecular formula is C23H29N3O4S. The Kier molecular flexibility index (Phi) is 7.12. The van der Waals surface area contributed by atoms with Crippen molar-refractivity contribution in [1.82, 2.24) is 14.8 Å². The predicted molar refractivity (Wildman–Crippen MR) is 121 cm³/mol. The number of Topliss-reactive ketones (excluding diaryl/α,β-unsaturated/α-hetero) is 1. The number of rotatable bonds is 9. The molecule has 1 aromatic heterocycles. The van der Waals surface area contributed by atoms with Crippen LogP contribution in [-0.2, 0) is 4.79 Å². The average Bonchev–Trinajstić information content (AvgIpc) is 3.18. The van der Waals surface area contributed by atoms with E-state index in [0.717, 1.165) is 23.5 Å². The highest BCUT2D eigenvalue weighted by Crippen LogP contribution is 2.40. The summed E-state index contributed by atoms with van der Waals surface area (Å²) in [6, 6.07) is 6.68. The van der Waals surface area contributed by atoms with Crippen LogP contribution in [-0.4, -0.2) is 65.4 Å². The lowest BCUT2D eigenvalue weighted by Crippen LogP contribution is -2.33. The first-order chi connectivity index (χ1) is 14.7. The first-order valence-corrected chi connectivity index (χ1v) is 11.2. The molecule has 0 fully saturated rings. The van der Waals surface area contributed by atoms with E-state index in [2.05, 4.69) is 4.98 Å². The monoisotopic (exact) mass is 443 g/mol. The van der Waals surface area contributed by atoms with Crippen molar-refractivity contribution in [2.75, 3.05) is 33.8 Å². The van der Waals surface area contributed by atoms with Gasteiger partial charge in [0, 0.05) is 6.54 Å². The van der Waals surface area contributed by atoms with Crippen molar-refractivity contribution in [3.05, 3.63) is 56.7 Å². The van der Waals surface area contributed by atoms with Gasteiger partial charge in [0.05, 0.1) is 33.8 Å². The van der Waals surface area contributed by atoms with Crippen molar-refractivity contribution >= 4 is 23.0 Å². The summed E-state index contributed by atoms with van der Waals surface area (Å²) in [7, 11) is 3.94. The first-order valence-electron chi connectivity index (χ1n) is 10.3. The highest BCUT2D eigenvalue weighted by Gasteiger charge is 2.44. The number of nitrogens with zero attached hydrogens (tertiary/aromatic N) is 3. The number of carbonyl (C=O) groups is 2. The summed E-state index contributed by atoms with van der Waals surface area (Å²) in [5.74, 6) is -0.619. The quantitative estimate of drug-likeness (QED) is 0.595. The smallest absolute Gasteiger partial charge is 0.290 e. The van der Waals surface area contributed by atoms with E-state index in [1.54, 1.807) is 11.8 Å². The highest BCUT2D eigenvalue weighted by molar-refractivity contribution is 7.14. The number of benzene rings is 1. The fraction of sp³-hybridized carbons (Fsp3) is 0.435. The fourth-order valence-corrected chi connectivity index (χ4v) is 4.67. The van der Waals surface area contributed by atoms with Gasteiger partial charge < -0.3 is 19.6 Å². The Labute approximate surface area is 187 Å². The van der Waals surface area contributed by atoms with E-state index in [1.807, 2.05) is 57.1 Å². The van der Waals surface area contributed by atoms with Crippen LogP contribution in [0.25, 0.3) is 0 Å². The van der Waals surface area contributed by atoms with Gasteiger partial charge in [-0.3, -0.25) is 9.59 Å². The van der Waals surface area contributed by atoms with E-state index < -0.39 is 17.7 Å². The van der Waals surface area contributed by atoms with E-state index >= 15 is 0 Å². The Balaban J connectivity index is 2.01. The van der Waals surface area contributed by atoms with Crippen LogP contribution in [0.3, 0.4) is 0 Å². The lowest BCUT2D eigenvalue weighted by Gasteiger charge is -2.27. The molecule has 1 amide bonds. The minimum Gasteiger partial charge on any atom is -0.503 e. The van der Waals surface area contributed by atoms with Crippen molar-refractivity contribution in [2.45, 2.75) is 33.2 Å². The van der Waals surface area contributed by atoms with E-state index in [-0.39, 0.29) is 11.4 Å². The molecule has 0 unspecified atom stereocenters. The minimum absolute atomic E-state index is 0.116. The lowest BCUT2D eigenvalue weighted by molar-refractivity contribution is -0.129. The Hall–Kier alpha value is -2.71. The Morgan fingerprint density at radius 1 is 1.26 bits per heavy atom. The van der Waals surface area contributed by atoms with Crippen LogP contribution in [0.5, 0.6) is 5.75 Å². The van der Waals surface area contributed by atoms with Crippen LogP contribution in [0.1, 0.15) is 45.3 Å². The molecule has 0 saturated heterocycles. The summed E-state index contributed by atoms with van der Waals surface area (Å²) in [6.07, 6.45) is 0.722. The molecule has 3 rings (SSSR count). The van der Waals surface area contributed by atoms with Gasteiger partial charge in [0.25, 0.3) is 5.91 Å². The Morgan fingerprint density at radius 2 is 1.94 bits per heavy atom. The molecule has 1 N–H and O–H groups in total. The van der Waals surface area contributed by atoms with Crippen LogP contribution < -0.4 is 4.74 Å². The molecule has 0 radical (unpaired) electrons. The maximum absolute atomic E-state index is 13.5. The third-order valence-corrected chi connectivity index (χ3v) is 6.24. The number of thiazole rings is 1. The number of ketones is 1. The Morgan fingerprint density at radius 3 is 2.48 bits per heavy atom. The second kappa shape index (κ2) is 9.62. The normalized spacial score (nSPS) is 16.5. The van der Waals surface area contributed by atoms with E-state index in [9.17, 15) is 14.7 Å². The molecule has 1 aromatic carbocycles. The summed E-state index contributed by atoms with van der Waals surface area (Å²) in [5.41, 5.74) is 1.48. The van der Waals surface area contributed by atoms with Crippen LogP contribution >= 0.6 is 11.3 Å². The maximum Gasteiger partial charge on any atom is 0.290 e. The lowest BCUT2D eigenvalue weighted by atomic mass is 9.95. The molecule has 1 atom stereocenters. The summed E-state index contributed by atoms with van der Waals surface area (Å²) < 4.78 is 5.52. The summed E-state index contributed by atoms with van der Waals surface area (Å²) >= 11 is 1.28. The predicted octanol–water partition coefficient (Wildman–Crippen LogP) is 3.69. The van der Waals surface area contributed by atoms with Gasteiger partial charge in [-0.05, 0) is 65.5 Å². The van der Waals surface area contributed by atoms with Crippen LogP contribution in [0.2, 0.25) is 0 Å². The molecule has 0 spiro atoms. The van der Waals surface area contributed by atoms with Gasteiger partial charge in [0.2, 0.25) is 5.78 Å². The van der Waals surface area contributed by atoms with Crippen molar-refractivity contribution in [2.24, 2.45) is 0 Å². The number of aliphatic hydroxyl groups excluding tert-OH is 1. The number of carbonyl (C=O) groups excluding carboxylic acids is 2. The number of hydrogen-bond donors (Lipinski definition) is 1. The number of amides is 1. The SMILES string of the molecule is CCOc1ccc([C@H]2C(C(=O)c3sc(C)nc3C)=C(O)C(=O)N2CCCN(C)C)cc1. The van der Waals surface area contributed by atoms with Crippen molar-refractivity contribution in [1.29, 1.82) is 0 Å². The summed E-state index contributed by atoms with van der Waals surface area (Å²) in [6.45, 7) is 7.28. The largest absolute Gasteiger partial charge is 0.503 e. The molecule has 166 valence electrons. The van der Waals surface area contributed by atoms with E-state index in [4.69, 9.17) is 4.74 Å². The number of hydrogen-bond acceptors (Lipinski definition) is 7. The van der Waals surface area contributed by atoms with Gasteiger partial charge in [-0.2, -0.15) is 0 Å². The van der Waals surface area contributed by atoms with Gasteiger partial charge in [-0.1, -0.05) is 12.1 Å². The molecule has 31 heavy (non-hydrogen) atoms. The van der Waals surface area contributed by atoms with Crippen molar-refractivity contribution in [3.8, 4) is 5.75 Å². The second-order valence-corrected chi connectivity index (χ2v) is 9.00. The topological polar surface area (TPSA) is 83.0 Å². The number of aryl methyl sites for hydroxylation is 2. The van der Waals surface area contributed by atoms with E-state index in [0.29, 0.717) is 29.5 Å². The molecule has 1 aliphatic rings. The van der Waals surface area contributed by atoms with Crippen LogP contribution in [0.4, 0.5) is 0 Å². The molecular weight excluding hydrogens is 414 g/mol. The zero-order valence-corrected chi connectivity index (χ0v) is 19.5. The number of ether oxygens (including phenoxy) is 1. The van der Waals surface area contributed by atoms with Gasteiger partial charge in [-0.25, -0.2) is 4.98 Å². The maximum atomic E-state index is 13.5. The summed E-state index contributed by atoms with van der Waals surface area (Å²) in [4.78, 5) is 34.9. The molecule has 2 heterocycles. The van der Waals surface area contributed by atoms with Gasteiger partial charge in [0.15, 0.2) is 5.76 Å². The standard InChI is InChI=1S/C23H29N3O4S/c1-6-30-17-10-8-16(9-11-17)19-18(20(27)22-14(2)24-15(3)31-22)21(28)23(29)26(19)13-7-12-25(4)5/h8-11,19,28H,6-7,12-13H2,1-5H3/t19-/m0/s1. The molecule has 1 aliphatic heterocycles. The molecule has 2 aromatic rings. The molecule has 0 bridgehead atoms. The highest BCUT2D eigenvalue weighted by atomic mass is 32.1. The first kappa shape index (κ1) is 23.0. The van der Waals surface area contributed by atoms with Crippen LogP contribution in [0, 0.1) is 13.8 Å². The molecule has 0 saturated carbocycles. The molecule has 8 heteroatoms.